The van der Waals surface area contributed by atoms with Gasteiger partial charge < -0.3 is 25.7 Å². The lowest BCUT2D eigenvalue weighted by Gasteiger charge is -2.38. The van der Waals surface area contributed by atoms with Gasteiger partial charge in [0.25, 0.3) is 0 Å². The van der Waals surface area contributed by atoms with Crippen LogP contribution in [0.4, 0.5) is 5.69 Å². The van der Waals surface area contributed by atoms with Crippen molar-refractivity contribution in [2.24, 2.45) is 0 Å². The Kier molecular flexibility index (Phi) is 5.95. The van der Waals surface area contributed by atoms with E-state index in [2.05, 4.69) is 21.2 Å². The summed E-state index contributed by atoms with van der Waals surface area (Å²) < 4.78 is 0.860. The van der Waals surface area contributed by atoms with Gasteiger partial charge in [0.1, 0.15) is 0 Å². The minimum Gasteiger partial charge on any atom is -0.353 e. The number of hydrogen-bond acceptors (Lipinski definition) is 6. The number of aliphatic hydroxyl groups is 4. The number of aryl methyl sites for hydroxylation is 2. The van der Waals surface area contributed by atoms with Gasteiger partial charge in [-0.25, -0.2) is 0 Å². The fraction of sp³-hybridized carbons (Fsp3) is 0.533. The van der Waals surface area contributed by atoms with Gasteiger partial charge in [0.15, 0.2) is 0 Å². The summed E-state index contributed by atoms with van der Waals surface area (Å²) in [4.78, 5) is 12.7. The summed E-state index contributed by atoms with van der Waals surface area (Å²) in [7, 11) is 0. The maximum absolute atomic E-state index is 12.2. The van der Waals surface area contributed by atoms with Gasteiger partial charge in [-0.15, -0.1) is 0 Å². The molecule has 0 bridgehead atoms. The zero-order valence-electron chi connectivity index (χ0n) is 13.8. The van der Waals surface area contributed by atoms with Crippen molar-refractivity contribution in [3.63, 3.8) is 0 Å². The first-order chi connectivity index (χ1) is 10.2. The Balaban J connectivity index is 3.03. The molecular formula is C15H23BrN2O5. The molecule has 0 unspecified atom stereocenters. The van der Waals surface area contributed by atoms with Crippen LogP contribution in [0.5, 0.6) is 0 Å². The topological polar surface area (TPSA) is 113 Å². The molecule has 0 heterocycles. The van der Waals surface area contributed by atoms with Gasteiger partial charge >= 0.3 is 0 Å². The van der Waals surface area contributed by atoms with E-state index < -0.39 is 24.3 Å². The first kappa shape index (κ1) is 20.0. The van der Waals surface area contributed by atoms with Crippen LogP contribution in [0.15, 0.2) is 10.5 Å². The fourth-order valence-electron chi connectivity index (χ4n) is 2.38. The Labute approximate surface area is 143 Å². The minimum atomic E-state index is -2.58. The standard InChI is InChI=1S/C15H23BrN2O5/c1-8-6-9(2)13(10(3)12(8)16)17-11(19)7-18(14(4,20)21)15(5,22)23/h6,20-23H,7H2,1-5H3,(H,17,19). The largest absolute Gasteiger partial charge is 0.353 e. The Morgan fingerprint density at radius 3 is 2.04 bits per heavy atom. The van der Waals surface area contributed by atoms with Crippen LogP contribution < -0.4 is 5.32 Å². The molecule has 0 fully saturated rings. The second kappa shape index (κ2) is 6.84. The van der Waals surface area contributed by atoms with Crippen LogP contribution in [0.25, 0.3) is 0 Å². The zero-order valence-corrected chi connectivity index (χ0v) is 15.4. The lowest BCUT2D eigenvalue weighted by Crippen LogP contribution is -2.60. The smallest absolute Gasteiger partial charge is 0.238 e. The normalized spacial score (nSPS) is 12.7. The van der Waals surface area contributed by atoms with E-state index in [0.717, 1.165) is 35.0 Å². The molecule has 8 heteroatoms. The quantitative estimate of drug-likeness (QED) is 0.478. The lowest BCUT2D eigenvalue weighted by molar-refractivity contribution is -0.367. The molecule has 0 atom stereocenters. The SMILES string of the molecule is Cc1cc(C)c(NC(=O)CN(C(C)(O)O)C(C)(O)O)c(C)c1Br. The lowest BCUT2D eigenvalue weighted by atomic mass is 10.0. The highest BCUT2D eigenvalue weighted by Gasteiger charge is 2.40. The van der Waals surface area contributed by atoms with E-state index in [9.17, 15) is 25.2 Å². The summed E-state index contributed by atoms with van der Waals surface area (Å²) in [6.07, 6.45) is 0. The Bertz CT molecular complexity index is 591. The molecule has 0 saturated heterocycles. The van der Waals surface area contributed by atoms with Crippen LogP contribution in [0, 0.1) is 20.8 Å². The van der Waals surface area contributed by atoms with Crippen LogP contribution in [0.2, 0.25) is 0 Å². The molecule has 0 spiro atoms. The minimum absolute atomic E-state index is 0.448. The Morgan fingerprint density at radius 1 is 1.13 bits per heavy atom. The molecular weight excluding hydrogens is 368 g/mol. The number of amides is 1. The molecule has 1 amide bonds. The second-order valence-electron chi connectivity index (χ2n) is 5.90. The molecule has 0 aliphatic heterocycles. The molecule has 1 rings (SSSR count). The van der Waals surface area contributed by atoms with E-state index in [1.165, 1.54) is 0 Å². The second-order valence-corrected chi connectivity index (χ2v) is 6.69. The number of anilines is 1. The third kappa shape index (κ3) is 4.97. The monoisotopic (exact) mass is 390 g/mol. The number of hydrogen-bond donors (Lipinski definition) is 5. The van der Waals surface area contributed by atoms with Gasteiger partial charge in [-0.05, 0) is 37.5 Å². The number of carbonyl (C=O) groups excluding carboxylic acids is 1. The average Bonchev–Trinajstić information content (AvgIpc) is 2.36. The van der Waals surface area contributed by atoms with Crippen molar-refractivity contribution in [2.75, 3.05) is 11.9 Å². The molecule has 0 saturated carbocycles. The van der Waals surface area contributed by atoms with Gasteiger partial charge in [-0.2, -0.15) is 4.90 Å². The molecule has 0 aliphatic carbocycles. The van der Waals surface area contributed by atoms with E-state index in [1.54, 1.807) is 0 Å². The van der Waals surface area contributed by atoms with E-state index in [-0.39, 0.29) is 0 Å². The zero-order chi connectivity index (χ0) is 18.2. The van der Waals surface area contributed by atoms with Crippen LogP contribution in [-0.2, 0) is 4.79 Å². The fourth-order valence-corrected chi connectivity index (χ4v) is 2.69. The molecule has 0 aliphatic rings. The Morgan fingerprint density at radius 2 is 1.61 bits per heavy atom. The van der Waals surface area contributed by atoms with Crippen LogP contribution in [0.3, 0.4) is 0 Å². The number of nitrogens with one attached hydrogen (secondary N) is 1. The maximum Gasteiger partial charge on any atom is 0.238 e. The summed E-state index contributed by atoms with van der Waals surface area (Å²) in [5.74, 6) is -5.77. The average molecular weight is 391 g/mol. The van der Waals surface area contributed by atoms with Crippen LogP contribution in [0.1, 0.15) is 30.5 Å². The third-order valence-electron chi connectivity index (χ3n) is 3.47. The molecule has 0 radical (unpaired) electrons. The highest BCUT2D eigenvalue weighted by molar-refractivity contribution is 9.10. The molecule has 5 N–H and O–H groups in total. The summed E-state index contributed by atoms with van der Waals surface area (Å²) >= 11 is 3.45. The van der Waals surface area contributed by atoms with Gasteiger partial charge in [0, 0.05) is 24.0 Å². The number of rotatable bonds is 5. The van der Waals surface area contributed by atoms with Gasteiger partial charge in [0.05, 0.1) is 6.54 Å². The molecule has 7 nitrogen and oxygen atoms in total. The maximum atomic E-state index is 12.2. The predicted molar refractivity (Wildman–Crippen MR) is 89.4 cm³/mol. The van der Waals surface area contributed by atoms with Gasteiger partial charge in [-0.1, -0.05) is 22.0 Å². The number of nitrogens with zero attached hydrogens (tertiary/aromatic N) is 1. The molecule has 130 valence electrons. The van der Waals surface area contributed by atoms with Crippen LogP contribution >= 0.6 is 15.9 Å². The highest BCUT2D eigenvalue weighted by Crippen LogP contribution is 2.31. The highest BCUT2D eigenvalue weighted by atomic mass is 79.9. The number of carbonyl (C=O) groups is 1. The molecule has 23 heavy (non-hydrogen) atoms. The molecule has 1 aromatic carbocycles. The summed E-state index contributed by atoms with van der Waals surface area (Å²) in [6.45, 7) is 6.85. The van der Waals surface area contributed by atoms with E-state index >= 15 is 0 Å². The number of benzene rings is 1. The van der Waals surface area contributed by atoms with Crippen molar-refractivity contribution in [3.05, 3.63) is 27.2 Å². The first-order valence-electron chi connectivity index (χ1n) is 6.98. The summed E-state index contributed by atoms with van der Waals surface area (Å²) in [5, 5.41) is 41.0. The van der Waals surface area contributed by atoms with Crippen molar-refractivity contribution < 1.29 is 25.2 Å². The van der Waals surface area contributed by atoms with Crippen molar-refractivity contribution >= 4 is 27.5 Å². The third-order valence-corrected chi connectivity index (χ3v) is 4.69. The van der Waals surface area contributed by atoms with Crippen molar-refractivity contribution in [1.29, 1.82) is 0 Å². The Hall–Kier alpha value is -1.03. The van der Waals surface area contributed by atoms with Gasteiger partial charge in [-0.3, -0.25) is 4.79 Å². The predicted octanol–water partition coefficient (Wildman–Crippen LogP) is 0.931. The van der Waals surface area contributed by atoms with Gasteiger partial charge in [0.2, 0.25) is 17.7 Å². The molecule has 1 aromatic rings. The van der Waals surface area contributed by atoms with Crippen molar-refractivity contribution in [1.82, 2.24) is 4.90 Å². The van der Waals surface area contributed by atoms with E-state index in [4.69, 9.17) is 0 Å². The van der Waals surface area contributed by atoms with E-state index in [0.29, 0.717) is 10.6 Å². The number of halogens is 1. The van der Waals surface area contributed by atoms with Crippen LogP contribution in [-0.4, -0.2) is 49.6 Å². The first-order valence-corrected chi connectivity index (χ1v) is 7.77. The summed E-state index contributed by atoms with van der Waals surface area (Å²) in [5.41, 5.74) is 3.28. The summed E-state index contributed by atoms with van der Waals surface area (Å²) in [6, 6.07) is 1.90. The van der Waals surface area contributed by atoms with E-state index in [1.807, 2.05) is 26.8 Å². The van der Waals surface area contributed by atoms with Crippen molar-refractivity contribution in [3.8, 4) is 0 Å². The van der Waals surface area contributed by atoms with Crippen molar-refractivity contribution in [2.45, 2.75) is 46.4 Å². The molecule has 0 aromatic heterocycles.